The lowest BCUT2D eigenvalue weighted by Gasteiger charge is -2.29. The van der Waals surface area contributed by atoms with Crippen molar-refractivity contribution in [2.24, 2.45) is 0 Å². The topological polar surface area (TPSA) is 66.5 Å². The van der Waals surface area contributed by atoms with E-state index < -0.39 is 0 Å². The quantitative estimate of drug-likeness (QED) is 0.614. The second kappa shape index (κ2) is 8.71. The summed E-state index contributed by atoms with van der Waals surface area (Å²) in [6, 6.07) is 9.90. The van der Waals surface area contributed by atoms with E-state index >= 15 is 0 Å². The second-order valence-corrected chi connectivity index (χ2v) is 7.65. The molecule has 7 heteroatoms. The first-order valence-corrected chi connectivity index (χ1v) is 10.0. The van der Waals surface area contributed by atoms with E-state index in [1.165, 1.54) is 16.0 Å². The number of piperazine rings is 1. The van der Waals surface area contributed by atoms with Crippen LogP contribution in [0.5, 0.6) is 11.5 Å². The molecule has 0 bridgehead atoms. The number of furan rings is 1. The third kappa shape index (κ3) is 4.46. The van der Waals surface area contributed by atoms with Gasteiger partial charge in [0.15, 0.2) is 17.3 Å². The third-order valence-corrected chi connectivity index (χ3v) is 5.70. The number of quaternary nitrogens is 2. The Balaban J connectivity index is 1.32. The van der Waals surface area contributed by atoms with Crippen molar-refractivity contribution in [1.82, 2.24) is 5.16 Å². The summed E-state index contributed by atoms with van der Waals surface area (Å²) in [6.07, 6.45) is 1.64. The average Bonchev–Trinajstić information content (AvgIpc) is 3.42. The van der Waals surface area contributed by atoms with Crippen LogP contribution in [0.4, 0.5) is 0 Å². The summed E-state index contributed by atoms with van der Waals surface area (Å²) in [7, 11) is 3.36. The van der Waals surface area contributed by atoms with E-state index in [1.54, 1.807) is 25.4 Å². The number of rotatable bonds is 7. The fraction of sp³-hybridized carbons (Fsp3) is 0.409. The minimum Gasteiger partial charge on any atom is -0.493 e. The summed E-state index contributed by atoms with van der Waals surface area (Å²) in [5.41, 5.74) is 3.55. The van der Waals surface area contributed by atoms with Gasteiger partial charge in [0.2, 0.25) is 5.76 Å². The minimum absolute atomic E-state index is 0.692. The Kier molecular flexibility index (Phi) is 5.87. The SMILES string of the molecule is COc1cc(C)c(C[NH+]2CC[NH+](Cc3cc(-c4ccco4)on3)CC2)cc1OC. The molecule has 2 N–H and O–H groups in total. The Labute approximate surface area is 170 Å². The summed E-state index contributed by atoms with van der Waals surface area (Å²) >= 11 is 0. The molecule has 0 atom stereocenters. The monoisotopic (exact) mass is 399 g/mol. The Morgan fingerprint density at radius 1 is 0.931 bits per heavy atom. The molecule has 1 fully saturated rings. The predicted molar refractivity (Wildman–Crippen MR) is 107 cm³/mol. The predicted octanol–water partition coefficient (Wildman–Crippen LogP) is 0.744. The van der Waals surface area contributed by atoms with Gasteiger partial charge in [-0.1, -0.05) is 5.16 Å². The fourth-order valence-electron chi connectivity index (χ4n) is 3.98. The molecular formula is C22H29N3O4+2. The molecule has 29 heavy (non-hydrogen) atoms. The van der Waals surface area contributed by atoms with E-state index in [1.807, 2.05) is 18.2 Å². The molecule has 0 aliphatic carbocycles. The van der Waals surface area contributed by atoms with Gasteiger partial charge in [-0.05, 0) is 36.8 Å². The standard InChI is InChI=1S/C22H27N3O4/c1-16-11-20(26-2)21(27-3)12-17(16)14-24-6-8-25(9-7-24)15-18-13-22(29-23-18)19-5-4-10-28-19/h4-5,10-13H,6-9,14-15H2,1-3H3/p+2. The van der Waals surface area contributed by atoms with Crippen LogP contribution in [0.3, 0.4) is 0 Å². The zero-order valence-corrected chi connectivity index (χ0v) is 17.3. The van der Waals surface area contributed by atoms with Crippen molar-refractivity contribution in [2.75, 3.05) is 40.4 Å². The minimum atomic E-state index is 0.692. The number of aryl methyl sites for hydroxylation is 1. The Morgan fingerprint density at radius 3 is 2.28 bits per heavy atom. The first kappa shape index (κ1) is 19.5. The molecule has 7 nitrogen and oxygen atoms in total. The van der Waals surface area contributed by atoms with E-state index in [0.717, 1.165) is 62.2 Å². The summed E-state index contributed by atoms with van der Waals surface area (Å²) in [5, 5.41) is 4.21. The summed E-state index contributed by atoms with van der Waals surface area (Å²) in [6.45, 7) is 8.52. The molecule has 0 saturated carbocycles. The van der Waals surface area contributed by atoms with Gasteiger partial charge in [0.05, 0.1) is 20.5 Å². The summed E-state index contributed by atoms with van der Waals surface area (Å²) < 4.78 is 21.7. The molecule has 4 rings (SSSR count). The molecule has 0 unspecified atom stereocenters. The van der Waals surface area contributed by atoms with Gasteiger partial charge < -0.3 is 28.2 Å². The summed E-state index contributed by atoms with van der Waals surface area (Å²) in [5.74, 6) is 3.01. The maximum atomic E-state index is 5.47. The van der Waals surface area contributed by atoms with Crippen LogP contribution in [0.15, 0.2) is 45.5 Å². The fourth-order valence-corrected chi connectivity index (χ4v) is 3.98. The highest BCUT2D eigenvalue weighted by atomic mass is 16.5. The van der Waals surface area contributed by atoms with Crippen molar-refractivity contribution in [3.05, 3.63) is 53.4 Å². The molecule has 1 aliphatic heterocycles. The highest BCUT2D eigenvalue weighted by Gasteiger charge is 2.25. The van der Waals surface area contributed by atoms with Gasteiger partial charge in [0.1, 0.15) is 45.0 Å². The van der Waals surface area contributed by atoms with Gasteiger partial charge in [0.25, 0.3) is 0 Å². The number of hydrogen-bond donors (Lipinski definition) is 2. The third-order valence-electron chi connectivity index (χ3n) is 5.70. The zero-order valence-electron chi connectivity index (χ0n) is 17.3. The highest BCUT2D eigenvalue weighted by molar-refractivity contribution is 5.49. The lowest BCUT2D eigenvalue weighted by molar-refractivity contribution is -1.02. The van der Waals surface area contributed by atoms with E-state index in [2.05, 4.69) is 24.2 Å². The van der Waals surface area contributed by atoms with Crippen molar-refractivity contribution >= 4 is 0 Å². The van der Waals surface area contributed by atoms with Crippen LogP contribution in [0.1, 0.15) is 16.8 Å². The number of benzene rings is 1. The first-order valence-electron chi connectivity index (χ1n) is 10.0. The maximum Gasteiger partial charge on any atom is 0.202 e. The van der Waals surface area contributed by atoms with Crippen LogP contribution in [-0.4, -0.2) is 45.6 Å². The number of hydrogen-bond acceptors (Lipinski definition) is 5. The molecule has 154 valence electrons. The van der Waals surface area contributed by atoms with Crippen LogP contribution in [-0.2, 0) is 13.1 Å². The van der Waals surface area contributed by atoms with Crippen LogP contribution >= 0.6 is 0 Å². The molecule has 0 amide bonds. The smallest absolute Gasteiger partial charge is 0.202 e. The highest BCUT2D eigenvalue weighted by Crippen LogP contribution is 2.29. The van der Waals surface area contributed by atoms with E-state index in [4.69, 9.17) is 18.4 Å². The maximum absolute atomic E-state index is 5.47. The number of aromatic nitrogens is 1. The van der Waals surface area contributed by atoms with Gasteiger partial charge in [-0.15, -0.1) is 0 Å². The van der Waals surface area contributed by atoms with Crippen molar-refractivity contribution < 1.29 is 28.2 Å². The Morgan fingerprint density at radius 2 is 1.62 bits per heavy atom. The normalized spacial score (nSPS) is 19.3. The largest absolute Gasteiger partial charge is 0.493 e. The molecule has 3 aromatic rings. The van der Waals surface area contributed by atoms with Crippen LogP contribution < -0.4 is 19.3 Å². The first-order chi connectivity index (χ1) is 14.2. The van der Waals surface area contributed by atoms with Gasteiger partial charge in [-0.25, -0.2) is 0 Å². The molecule has 1 saturated heterocycles. The molecule has 3 heterocycles. The number of nitrogens with zero attached hydrogens (tertiary/aromatic N) is 1. The van der Waals surface area contributed by atoms with Gasteiger partial charge in [0, 0.05) is 11.6 Å². The lowest BCUT2D eigenvalue weighted by atomic mass is 10.1. The van der Waals surface area contributed by atoms with Crippen LogP contribution in [0.2, 0.25) is 0 Å². The second-order valence-electron chi connectivity index (χ2n) is 7.65. The number of ether oxygens (including phenoxy) is 2. The average molecular weight is 399 g/mol. The van der Waals surface area contributed by atoms with Crippen LogP contribution in [0.25, 0.3) is 11.5 Å². The number of methoxy groups -OCH3 is 2. The molecular weight excluding hydrogens is 370 g/mol. The lowest BCUT2D eigenvalue weighted by Crippen LogP contribution is -3.27. The van der Waals surface area contributed by atoms with Crippen molar-refractivity contribution in [1.29, 1.82) is 0 Å². The number of nitrogens with one attached hydrogen (secondary N) is 2. The van der Waals surface area contributed by atoms with Crippen molar-refractivity contribution in [2.45, 2.75) is 20.0 Å². The Hall–Kier alpha value is -2.77. The van der Waals surface area contributed by atoms with E-state index in [0.29, 0.717) is 5.76 Å². The van der Waals surface area contributed by atoms with Crippen molar-refractivity contribution in [3.8, 4) is 23.0 Å². The molecule has 0 radical (unpaired) electrons. The molecule has 0 spiro atoms. The molecule has 1 aromatic carbocycles. The molecule has 1 aliphatic rings. The zero-order chi connectivity index (χ0) is 20.2. The van der Waals surface area contributed by atoms with Crippen LogP contribution in [0, 0.1) is 6.92 Å². The van der Waals surface area contributed by atoms with E-state index in [-0.39, 0.29) is 0 Å². The summed E-state index contributed by atoms with van der Waals surface area (Å²) in [4.78, 5) is 3.14. The van der Waals surface area contributed by atoms with E-state index in [9.17, 15) is 0 Å². The van der Waals surface area contributed by atoms with Gasteiger partial charge in [-0.3, -0.25) is 0 Å². The molecule has 2 aromatic heterocycles. The van der Waals surface area contributed by atoms with Gasteiger partial charge in [-0.2, -0.15) is 0 Å². The van der Waals surface area contributed by atoms with Gasteiger partial charge >= 0.3 is 0 Å². The van der Waals surface area contributed by atoms with Crippen molar-refractivity contribution in [3.63, 3.8) is 0 Å². The Bertz CT molecular complexity index is 928.